The first-order valence-corrected chi connectivity index (χ1v) is 9.05. The van der Waals surface area contributed by atoms with E-state index in [4.69, 9.17) is 27.9 Å². The molecule has 0 aliphatic carbocycles. The van der Waals surface area contributed by atoms with Crippen LogP contribution in [0.2, 0.25) is 10.0 Å². The van der Waals surface area contributed by atoms with Gasteiger partial charge in [0.1, 0.15) is 5.70 Å². The van der Waals surface area contributed by atoms with Crippen molar-refractivity contribution in [2.75, 3.05) is 19.6 Å². The number of carbonyl (C=O) groups excluding carboxylic acids is 2. The van der Waals surface area contributed by atoms with E-state index in [0.717, 1.165) is 0 Å². The molecule has 5 nitrogen and oxygen atoms in total. The molecule has 2 atom stereocenters. The molecule has 2 unspecified atom stereocenters. The summed E-state index contributed by atoms with van der Waals surface area (Å²) in [5.41, 5.74) is 1.27. The van der Waals surface area contributed by atoms with Gasteiger partial charge in [-0.3, -0.25) is 14.5 Å². The SMILES string of the molecule is CCN1C(=O)C(c2ccc(Cl)cc2Cl)=C(N2CC(C)OC(C)C2)C1=O. The summed E-state index contributed by atoms with van der Waals surface area (Å²) in [7, 11) is 0. The number of nitrogens with zero attached hydrogens (tertiary/aromatic N) is 2. The molecule has 134 valence electrons. The van der Waals surface area contributed by atoms with Gasteiger partial charge in [0.2, 0.25) is 0 Å². The molecule has 0 saturated carbocycles. The average Bonchev–Trinajstić information content (AvgIpc) is 2.77. The van der Waals surface area contributed by atoms with Gasteiger partial charge < -0.3 is 9.64 Å². The summed E-state index contributed by atoms with van der Waals surface area (Å²) < 4.78 is 5.75. The first-order valence-electron chi connectivity index (χ1n) is 8.29. The van der Waals surface area contributed by atoms with E-state index in [1.165, 1.54) is 4.90 Å². The van der Waals surface area contributed by atoms with Crippen LogP contribution in [-0.2, 0) is 14.3 Å². The van der Waals surface area contributed by atoms with Gasteiger partial charge in [0, 0.05) is 30.2 Å². The van der Waals surface area contributed by atoms with Gasteiger partial charge in [-0.25, -0.2) is 0 Å². The van der Waals surface area contributed by atoms with E-state index in [0.29, 0.717) is 46.5 Å². The average molecular weight is 383 g/mol. The number of imide groups is 1. The first kappa shape index (κ1) is 18.2. The van der Waals surface area contributed by atoms with E-state index >= 15 is 0 Å². The summed E-state index contributed by atoms with van der Waals surface area (Å²) in [5.74, 6) is -0.603. The Balaban J connectivity index is 2.14. The van der Waals surface area contributed by atoms with E-state index in [1.807, 2.05) is 18.7 Å². The van der Waals surface area contributed by atoms with Crippen LogP contribution in [0.15, 0.2) is 23.9 Å². The number of benzene rings is 1. The predicted octanol–water partition coefficient (Wildman–Crippen LogP) is 3.20. The summed E-state index contributed by atoms with van der Waals surface area (Å²) in [4.78, 5) is 29.0. The summed E-state index contributed by atoms with van der Waals surface area (Å²) in [6, 6.07) is 4.95. The minimum absolute atomic E-state index is 0.0308. The molecule has 3 rings (SSSR count). The molecule has 0 spiro atoms. The molecule has 2 aliphatic rings. The minimum Gasteiger partial charge on any atom is -0.372 e. The second-order valence-electron chi connectivity index (χ2n) is 6.36. The van der Waals surface area contributed by atoms with Crippen LogP contribution in [0.5, 0.6) is 0 Å². The highest BCUT2D eigenvalue weighted by molar-refractivity contribution is 6.41. The van der Waals surface area contributed by atoms with Gasteiger partial charge in [-0.05, 0) is 32.9 Å². The van der Waals surface area contributed by atoms with Crippen molar-refractivity contribution < 1.29 is 14.3 Å². The summed E-state index contributed by atoms with van der Waals surface area (Å²) in [5, 5.41) is 0.835. The monoisotopic (exact) mass is 382 g/mol. The first-order chi connectivity index (χ1) is 11.8. The van der Waals surface area contributed by atoms with E-state index in [9.17, 15) is 9.59 Å². The molecule has 0 bridgehead atoms. The largest absolute Gasteiger partial charge is 0.372 e. The van der Waals surface area contributed by atoms with E-state index in [2.05, 4.69) is 0 Å². The third-order valence-corrected chi connectivity index (χ3v) is 4.94. The lowest BCUT2D eigenvalue weighted by atomic mass is 10.0. The zero-order valence-electron chi connectivity index (χ0n) is 14.4. The number of hydrogen-bond acceptors (Lipinski definition) is 4. The van der Waals surface area contributed by atoms with Crippen LogP contribution in [0.1, 0.15) is 26.3 Å². The Morgan fingerprint density at radius 2 is 1.76 bits per heavy atom. The summed E-state index contributed by atoms with van der Waals surface area (Å²) in [6.45, 7) is 7.10. The molecule has 25 heavy (non-hydrogen) atoms. The molecular weight excluding hydrogens is 363 g/mol. The van der Waals surface area contributed by atoms with Crippen molar-refractivity contribution in [3.8, 4) is 0 Å². The van der Waals surface area contributed by atoms with Crippen molar-refractivity contribution >= 4 is 40.6 Å². The highest BCUT2D eigenvalue weighted by Crippen LogP contribution is 2.36. The number of likely N-dealkylation sites (N-methyl/N-ethyl adjacent to an activating group) is 1. The molecule has 1 saturated heterocycles. The van der Waals surface area contributed by atoms with Gasteiger partial charge in [0.25, 0.3) is 11.8 Å². The fourth-order valence-electron chi connectivity index (χ4n) is 3.44. The second kappa shape index (κ2) is 6.98. The van der Waals surface area contributed by atoms with Gasteiger partial charge in [0.05, 0.1) is 22.8 Å². The van der Waals surface area contributed by atoms with Crippen molar-refractivity contribution in [3.63, 3.8) is 0 Å². The molecule has 1 aromatic rings. The fraction of sp³-hybridized carbons (Fsp3) is 0.444. The second-order valence-corrected chi connectivity index (χ2v) is 7.21. The van der Waals surface area contributed by atoms with Gasteiger partial charge >= 0.3 is 0 Å². The van der Waals surface area contributed by atoms with E-state index in [-0.39, 0.29) is 24.0 Å². The summed E-state index contributed by atoms with van der Waals surface area (Å²) in [6.07, 6.45) is -0.0615. The van der Waals surface area contributed by atoms with Crippen molar-refractivity contribution in [1.29, 1.82) is 0 Å². The quantitative estimate of drug-likeness (QED) is 0.753. The lowest BCUT2D eigenvalue weighted by Crippen LogP contribution is -2.46. The van der Waals surface area contributed by atoms with Crippen LogP contribution in [0, 0.1) is 0 Å². The smallest absolute Gasteiger partial charge is 0.277 e. The Labute approximate surface area is 157 Å². The van der Waals surface area contributed by atoms with Crippen molar-refractivity contribution in [3.05, 3.63) is 39.5 Å². The maximum atomic E-state index is 12.9. The van der Waals surface area contributed by atoms with Crippen molar-refractivity contribution in [2.24, 2.45) is 0 Å². The molecule has 2 aliphatic heterocycles. The normalized spacial score (nSPS) is 24.5. The Hall–Kier alpha value is -1.56. The Bertz CT molecular complexity index is 753. The van der Waals surface area contributed by atoms with E-state index < -0.39 is 0 Å². The lowest BCUT2D eigenvalue weighted by molar-refractivity contribution is -0.138. The fourth-order valence-corrected chi connectivity index (χ4v) is 3.94. The van der Waals surface area contributed by atoms with Crippen LogP contribution in [-0.4, -0.2) is 53.5 Å². The Kier molecular flexibility index (Phi) is 5.09. The maximum absolute atomic E-state index is 12.9. The molecule has 0 aromatic heterocycles. The molecule has 1 fully saturated rings. The third kappa shape index (κ3) is 3.28. The van der Waals surface area contributed by atoms with Crippen LogP contribution < -0.4 is 0 Å². The Morgan fingerprint density at radius 1 is 1.12 bits per heavy atom. The highest BCUT2D eigenvalue weighted by atomic mass is 35.5. The molecule has 2 heterocycles. The molecule has 1 aromatic carbocycles. The number of carbonyl (C=O) groups is 2. The molecule has 0 N–H and O–H groups in total. The molecule has 2 amide bonds. The van der Waals surface area contributed by atoms with Crippen molar-refractivity contribution in [2.45, 2.75) is 33.0 Å². The standard InChI is InChI=1S/C18H20Cl2N2O3/c1-4-22-17(23)15(13-6-5-12(19)7-14(13)20)16(18(22)24)21-8-10(2)25-11(3)9-21/h5-7,10-11H,4,8-9H2,1-3H3. The molecular formula is C18H20Cl2N2O3. The third-order valence-electron chi connectivity index (χ3n) is 4.40. The number of hydrogen-bond donors (Lipinski definition) is 0. The minimum atomic E-state index is -0.321. The van der Waals surface area contributed by atoms with Gasteiger partial charge in [0.15, 0.2) is 0 Å². The van der Waals surface area contributed by atoms with Crippen LogP contribution in [0.25, 0.3) is 5.57 Å². The Morgan fingerprint density at radius 3 is 2.32 bits per heavy atom. The number of halogens is 2. The van der Waals surface area contributed by atoms with Crippen LogP contribution in [0.4, 0.5) is 0 Å². The maximum Gasteiger partial charge on any atom is 0.277 e. The lowest BCUT2D eigenvalue weighted by Gasteiger charge is -2.37. The van der Waals surface area contributed by atoms with Crippen LogP contribution >= 0.6 is 23.2 Å². The van der Waals surface area contributed by atoms with Crippen LogP contribution in [0.3, 0.4) is 0 Å². The van der Waals surface area contributed by atoms with Gasteiger partial charge in [-0.15, -0.1) is 0 Å². The number of morpholine rings is 1. The van der Waals surface area contributed by atoms with Gasteiger partial charge in [-0.2, -0.15) is 0 Å². The number of amides is 2. The molecule has 0 radical (unpaired) electrons. The van der Waals surface area contributed by atoms with Crippen molar-refractivity contribution in [1.82, 2.24) is 9.80 Å². The predicted molar refractivity (Wildman–Crippen MR) is 97.4 cm³/mol. The number of rotatable bonds is 3. The topological polar surface area (TPSA) is 49.9 Å². The molecule has 7 heteroatoms. The number of ether oxygens (including phenoxy) is 1. The van der Waals surface area contributed by atoms with E-state index in [1.54, 1.807) is 25.1 Å². The zero-order chi connectivity index (χ0) is 18.3. The highest BCUT2D eigenvalue weighted by Gasteiger charge is 2.42. The van der Waals surface area contributed by atoms with Gasteiger partial charge in [-0.1, -0.05) is 29.3 Å². The summed E-state index contributed by atoms with van der Waals surface area (Å²) >= 11 is 12.3. The zero-order valence-corrected chi connectivity index (χ0v) is 15.9.